The van der Waals surface area contributed by atoms with E-state index in [-0.39, 0.29) is 0 Å². The minimum Gasteiger partial charge on any atom is -0.311 e. The van der Waals surface area contributed by atoms with Crippen LogP contribution in [-0.4, -0.2) is 16.3 Å². The summed E-state index contributed by atoms with van der Waals surface area (Å²) in [5.74, 6) is 0.914. The first-order chi connectivity index (χ1) is 8.26. The van der Waals surface area contributed by atoms with E-state index in [9.17, 15) is 0 Å². The summed E-state index contributed by atoms with van der Waals surface area (Å²) in [6.07, 6.45) is 5.22. The van der Waals surface area contributed by atoms with Crippen LogP contribution in [0.2, 0.25) is 0 Å². The number of nitrogens with zero attached hydrogens (tertiary/aromatic N) is 2. The summed E-state index contributed by atoms with van der Waals surface area (Å²) in [6, 6.07) is 0. The van der Waals surface area contributed by atoms with Crippen molar-refractivity contribution in [2.75, 3.05) is 6.54 Å². The van der Waals surface area contributed by atoms with Crippen LogP contribution < -0.4 is 5.32 Å². The zero-order valence-electron chi connectivity index (χ0n) is 10.8. The Balaban J connectivity index is 1.95. The second kappa shape index (κ2) is 6.01. The molecule has 1 aromatic heterocycles. The summed E-state index contributed by atoms with van der Waals surface area (Å²) in [5.41, 5.74) is 2.47. The van der Waals surface area contributed by atoms with Gasteiger partial charge < -0.3 is 5.32 Å². The van der Waals surface area contributed by atoms with Gasteiger partial charge in [0.2, 0.25) is 0 Å². The molecule has 1 fully saturated rings. The van der Waals surface area contributed by atoms with Gasteiger partial charge in [0.1, 0.15) is 0 Å². The summed E-state index contributed by atoms with van der Waals surface area (Å²) in [7, 11) is 0. The Morgan fingerprint density at radius 1 is 1.41 bits per heavy atom. The van der Waals surface area contributed by atoms with Crippen LogP contribution in [0.5, 0.6) is 0 Å². The molecule has 1 N–H and O–H groups in total. The van der Waals surface area contributed by atoms with Crippen molar-refractivity contribution in [2.24, 2.45) is 5.92 Å². The van der Waals surface area contributed by atoms with Gasteiger partial charge >= 0.3 is 0 Å². The molecule has 0 amide bonds. The predicted molar refractivity (Wildman–Crippen MR) is 74.0 cm³/mol. The maximum atomic E-state index is 4.61. The van der Waals surface area contributed by atoms with E-state index in [2.05, 4.69) is 44.9 Å². The standard InChI is InChI=1S/C13H22BrN3/c1-3-11-13(14)12(17(4-2)16-11)9-15-8-10-6-5-7-10/h10,15H,3-9H2,1-2H3. The summed E-state index contributed by atoms with van der Waals surface area (Å²) >= 11 is 3.68. The fourth-order valence-electron chi connectivity index (χ4n) is 2.28. The molecular formula is C13H22BrN3. The van der Waals surface area contributed by atoms with E-state index in [1.54, 1.807) is 0 Å². The van der Waals surface area contributed by atoms with Gasteiger partial charge in [-0.05, 0) is 54.6 Å². The lowest BCUT2D eigenvalue weighted by atomic mass is 9.85. The number of aryl methyl sites for hydroxylation is 2. The first-order valence-corrected chi connectivity index (χ1v) is 7.50. The van der Waals surface area contributed by atoms with Crippen molar-refractivity contribution >= 4 is 15.9 Å². The molecule has 1 heterocycles. The summed E-state index contributed by atoms with van der Waals surface area (Å²) < 4.78 is 3.31. The fourth-order valence-corrected chi connectivity index (χ4v) is 2.98. The summed E-state index contributed by atoms with van der Waals surface area (Å²) in [4.78, 5) is 0. The Morgan fingerprint density at radius 2 is 2.18 bits per heavy atom. The maximum Gasteiger partial charge on any atom is 0.0767 e. The van der Waals surface area contributed by atoms with Crippen LogP contribution in [-0.2, 0) is 19.5 Å². The topological polar surface area (TPSA) is 29.9 Å². The molecule has 0 radical (unpaired) electrons. The summed E-state index contributed by atoms with van der Waals surface area (Å²) in [5, 5.41) is 8.17. The largest absolute Gasteiger partial charge is 0.311 e. The van der Waals surface area contributed by atoms with E-state index in [1.807, 2.05) is 0 Å². The molecule has 0 bridgehead atoms. The van der Waals surface area contributed by atoms with Crippen LogP contribution >= 0.6 is 15.9 Å². The second-order valence-corrected chi connectivity index (χ2v) is 5.60. The van der Waals surface area contributed by atoms with Gasteiger partial charge in [0, 0.05) is 13.1 Å². The highest BCUT2D eigenvalue weighted by Gasteiger charge is 2.18. The fraction of sp³-hybridized carbons (Fsp3) is 0.769. The molecule has 1 saturated carbocycles. The molecule has 1 aliphatic rings. The van der Waals surface area contributed by atoms with Crippen LogP contribution in [0.15, 0.2) is 4.47 Å². The number of aromatic nitrogens is 2. The van der Waals surface area contributed by atoms with Crippen molar-refractivity contribution in [1.82, 2.24) is 15.1 Å². The van der Waals surface area contributed by atoms with Gasteiger partial charge in [0.05, 0.1) is 15.9 Å². The van der Waals surface area contributed by atoms with Gasteiger partial charge in [-0.25, -0.2) is 0 Å². The van der Waals surface area contributed by atoms with Crippen LogP contribution in [0, 0.1) is 5.92 Å². The molecule has 4 heteroatoms. The number of rotatable bonds is 6. The molecule has 2 rings (SSSR count). The Hall–Kier alpha value is -0.350. The number of hydrogen-bond acceptors (Lipinski definition) is 2. The lowest BCUT2D eigenvalue weighted by Gasteiger charge is -2.25. The SMILES string of the molecule is CCc1nn(CC)c(CNCC2CCC2)c1Br. The van der Waals surface area contributed by atoms with Crippen LogP contribution in [0.3, 0.4) is 0 Å². The molecule has 1 aromatic rings. The first kappa shape index (κ1) is 13.1. The summed E-state index contributed by atoms with van der Waals surface area (Å²) in [6.45, 7) is 7.33. The molecule has 0 unspecified atom stereocenters. The van der Waals surface area contributed by atoms with E-state index in [1.165, 1.54) is 35.1 Å². The van der Waals surface area contributed by atoms with Gasteiger partial charge in [0.25, 0.3) is 0 Å². The quantitative estimate of drug-likeness (QED) is 0.875. The third-order valence-electron chi connectivity index (χ3n) is 3.64. The monoisotopic (exact) mass is 299 g/mol. The van der Waals surface area contributed by atoms with E-state index in [0.717, 1.165) is 32.0 Å². The molecule has 3 nitrogen and oxygen atoms in total. The van der Waals surface area contributed by atoms with Crippen LogP contribution in [0.4, 0.5) is 0 Å². The van der Waals surface area contributed by atoms with Crippen molar-refractivity contribution < 1.29 is 0 Å². The number of nitrogens with one attached hydrogen (secondary N) is 1. The first-order valence-electron chi connectivity index (χ1n) is 6.71. The predicted octanol–water partition coefficient (Wildman–Crippen LogP) is 3.12. The molecule has 1 aliphatic carbocycles. The van der Waals surface area contributed by atoms with Gasteiger partial charge in [-0.15, -0.1) is 0 Å². The van der Waals surface area contributed by atoms with Crippen molar-refractivity contribution in [3.8, 4) is 0 Å². The highest BCUT2D eigenvalue weighted by atomic mass is 79.9. The van der Waals surface area contributed by atoms with Crippen molar-refractivity contribution in [1.29, 1.82) is 0 Å². The molecule has 0 aliphatic heterocycles. The number of hydrogen-bond donors (Lipinski definition) is 1. The molecule has 17 heavy (non-hydrogen) atoms. The van der Waals surface area contributed by atoms with Gasteiger partial charge in [0.15, 0.2) is 0 Å². The Labute approximate surface area is 112 Å². The Kier molecular flexibility index (Phi) is 4.62. The van der Waals surface area contributed by atoms with E-state index in [0.29, 0.717) is 0 Å². The lowest BCUT2D eigenvalue weighted by Crippen LogP contribution is -2.27. The highest BCUT2D eigenvalue weighted by Crippen LogP contribution is 2.26. The van der Waals surface area contributed by atoms with Crippen molar-refractivity contribution in [3.63, 3.8) is 0 Å². The minimum atomic E-state index is 0.914. The Bertz CT molecular complexity index is 369. The average Bonchev–Trinajstić information content (AvgIpc) is 2.59. The van der Waals surface area contributed by atoms with E-state index in [4.69, 9.17) is 0 Å². The highest BCUT2D eigenvalue weighted by molar-refractivity contribution is 9.10. The van der Waals surface area contributed by atoms with Crippen molar-refractivity contribution in [3.05, 3.63) is 15.9 Å². The van der Waals surface area contributed by atoms with Crippen molar-refractivity contribution in [2.45, 2.75) is 52.6 Å². The van der Waals surface area contributed by atoms with Crippen LogP contribution in [0.1, 0.15) is 44.5 Å². The molecule has 0 aromatic carbocycles. The minimum absolute atomic E-state index is 0.914. The lowest BCUT2D eigenvalue weighted by molar-refractivity contribution is 0.300. The number of halogens is 1. The molecular weight excluding hydrogens is 278 g/mol. The zero-order chi connectivity index (χ0) is 12.3. The van der Waals surface area contributed by atoms with Gasteiger partial charge in [-0.3, -0.25) is 4.68 Å². The smallest absolute Gasteiger partial charge is 0.0767 e. The third kappa shape index (κ3) is 2.91. The van der Waals surface area contributed by atoms with Gasteiger partial charge in [-0.1, -0.05) is 13.3 Å². The van der Waals surface area contributed by atoms with Gasteiger partial charge in [-0.2, -0.15) is 5.10 Å². The zero-order valence-corrected chi connectivity index (χ0v) is 12.4. The average molecular weight is 300 g/mol. The second-order valence-electron chi connectivity index (χ2n) is 4.80. The molecule has 0 spiro atoms. The maximum absolute atomic E-state index is 4.61. The Morgan fingerprint density at radius 3 is 2.71 bits per heavy atom. The molecule has 0 saturated heterocycles. The molecule has 0 atom stereocenters. The van der Waals surface area contributed by atoms with E-state index < -0.39 is 0 Å². The van der Waals surface area contributed by atoms with Crippen LogP contribution in [0.25, 0.3) is 0 Å². The molecule has 96 valence electrons. The van der Waals surface area contributed by atoms with E-state index >= 15 is 0 Å². The third-order valence-corrected chi connectivity index (χ3v) is 4.56. The normalized spacial score (nSPS) is 16.2.